The molecule has 0 radical (unpaired) electrons. The monoisotopic (exact) mass is 311 g/mol. The smallest absolute Gasteiger partial charge is 0.156 e. The van der Waals surface area contributed by atoms with Crippen LogP contribution >= 0.6 is 35.6 Å². The molecule has 0 fully saturated rings. The van der Waals surface area contributed by atoms with Crippen LogP contribution < -0.4 is 10.1 Å². The van der Waals surface area contributed by atoms with Gasteiger partial charge in [-0.05, 0) is 30.7 Å². The first-order valence-corrected chi connectivity index (χ1v) is 6.76. The van der Waals surface area contributed by atoms with E-state index in [1.54, 1.807) is 0 Å². The summed E-state index contributed by atoms with van der Waals surface area (Å²) in [5.41, 5.74) is 1.07. The summed E-state index contributed by atoms with van der Waals surface area (Å²) in [6.45, 7) is 6.52. The highest BCUT2D eigenvalue weighted by Crippen LogP contribution is 2.34. The van der Waals surface area contributed by atoms with Crippen molar-refractivity contribution in [2.75, 3.05) is 13.2 Å². The normalized spacial score (nSPS) is 10.0. The van der Waals surface area contributed by atoms with Crippen molar-refractivity contribution in [3.05, 3.63) is 27.7 Å². The van der Waals surface area contributed by atoms with E-state index in [0.717, 1.165) is 31.5 Å². The lowest BCUT2D eigenvalue weighted by Crippen LogP contribution is -2.11. The number of hydrogen-bond acceptors (Lipinski definition) is 2. The average Bonchev–Trinajstić information content (AvgIpc) is 2.30. The van der Waals surface area contributed by atoms with Gasteiger partial charge in [0.2, 0.25) is 0 Å². The van der Waals surface area contributed by atoms with Crippen LogP contribution in [-0.2, 0) is 6.54 Å². The van der Waals surface area contributed by atoms with E-state index < -0.39 is 0 Å². The fourth-order valence-electron chi connectivity index (χ4n) is 1.44. The Morgan fingerprint density at radius 3 is 2.28 bits per heavy atom. The zero-order valence-electron chi connectivity index (χ0n) is 10.8. The number of unbranched alkanes of at least 4 members (excludes halogenated alkanes) is 1. The Hall–Kier alpha value is -0.150. The van der Waals surface area contributed by atoms with Gasteiger partial charge in [0.15, 0.2) is 5.75 Å². The van der Waals surface area contributed by atoms with Crippen molar-refractivity contribution < 1.29 is 4.74 Å². The second-order valence-corrected chi connectivity index (χ2v) is 4.69. The summed E-state index contributed by atoms with van der Waals surface area (Å²) in [5, 5.41) is 4.40. The number of rotatable bonds is 7. The number of ether oxygens (including phenoxy) is 1. The average molecular weight is 313 g/mol. The molecule has 0 aromatic heterocycles. The molecule has 2 nitrogen and oxygen atoms in total. The molecule has 1 aromatic rings. The summed E-state index contributed by atoms with van der Waals surface area (Å²) >= 11 is 12.3. The highest BCUT2D eigenvalue weighted by molar-refractivity contribution is 6.37. The van der Waals surface area contributed by atoms with Gasteiger partial charge in [0.25, 0.3) is 0 Å². The van der Waals surface area contributed by atoms with Crippen LogP contribution in [0.4, 0.5) is 0 Å². The molecule has 0 atom stereocenters. The van der Waals surface area contributed by atoms with Gasteiger partial charge in [-0.15, -0.1) is 12.4 Å². The summed E-state index contributed by atoms with van der Waals surface area (Å²) in [7, 11) is 0. The van der Waals surface area contributed by atoms with Crippen LogP contribution in [0.5, 0.6) is 5.75 Å². The van der Waals surface area contributed by atoms with Crippen LogP contribution in [0.1, 0.15) is 32.3 Å². The molecule has 1 N–H and O–H groups in total. The lowest BCUT2D eigenvalue weighted by Gasteiger charge is -2.11. The number of hydrogen-bond donors (Lipinski definition) is 1. The predicted molar refractivity (Wildman–Crippen MR) is 81.5 cm³/mol. The van der Waals surface area contributed by atoms with E-state index in [0.29, 0.717) is 22.4 Å². The van der Waals surface area contributed by atoms with Crippen LogP contribution in [0.2, 0.25) is 10.0 Å². The maximum absolute atomic E-state index is 6.16. The maximum Gasteiger partial charge on any atom is 0.156 e. The molecule has 0 aliphatic heterocycles. The van der Waals surface area contributed by atoms with Crippen molar-refractivity contribution in [1.29, 1.82) is 0 Å². The Morgan fingerprint density at radius 2 is 1.78 bits per heavy atom. The third-order valence-corrected chi connectivity index (χ3v) is 2.94. The van der Waals surface area contributed by atoms with Gasteiger partial charge in [-0.25, -0.2) is 0 Å². The van der Waals surface area contributed by atoms with E-state index in [-0.39, 0.29) is 12.4 Å². The van der Waals surface area contributed by atoms with E-state index in [1.807, 2.05) is 12.1 Å². The largest absolute Gasteiger partial charge is 0.490 e. The molecule has 5 heteroatoms. The molecule has 104 valence electrons. The van der Waals surface area contributed by atoms with Crippen molar-refractivity contribution >= 4 is 35.6 Å². The van der Waals surface area contributed by atoms with Gasteiger partial charge in [0.05, 0.1) is 16.7 Å². The molecule has 0 unspecified atom stereocenters. The molecule has 0 spiro atoms. The number of halogens is 3. The second kappa shape index (κ2) is 9.74. The first kappa shape index (κ1) is 17.8. The fourth-order valence-corrected chi connectivity index (χ4v) is 2.08. The molecule has 0 saturated heterocycles. The molecule has 1 aromatic carbocycles. The molecular formula is C13H20Cl3NO. The third-order valence-electron chi connectivity index (χ3n) is 2.38. The van der Waals surface area contributed by atoms with Crippen molar-refractivity contribution in [3.8, 4) is 5.75 Å². The van der Waals surface area contributed by atoms with E-state index >= 15 is 0 Å². The van der Waals surface area contributed by atoms with Gasteiger partial charge in [-0.1, -0.05) is 43.5 Å². The first-order chi connectivity index (χ1) is 8.19. The summed E-state index contributed by atoms with van der Waals surface area (Å²) in [5.74, 6) is 0.599. The highest BCUT2D eigenvalue weighted by atomic mass is 35.5. The van der Waals surface area contributed by atoms with Crippen molar-refractivity contribution in [3.63, 3.8) is 0 Å². The lowest BCUT2D eigenvalue weighted by molar-refractivity contribution is 0.309. The van der Waals surface area contributed by atoms with Crippen LogP contribution in [0.25, 0.3) is 0 Å². The van der Waals surface area contributed by atoms with Gasteiger partial charge < -0.3 is 10.1 Å². The van der Waals surface area contributed by atoms with Gasteiger partial charge >= 0.3 is 0 Å². The molecule has 0 heterocycles. The van der Waals surface area contributed by atoms with Gasteiger partial charge in [-0.2, -0.15) is 0 Å². The van der Waals surface area contributed by atoms with Crippen LogP contribution in [0, 0.1) is 0 Å². The van der Waals surface area contributed by atoms with Gasteiger partial charge in [0.1, 0.15) is 0 Å². The van der Waals surface area contributed by atoms with Gasteiger partial charge in [-0.3, -0.25) is 0 Å². The minimum Gasteiger partial charge on any atom is -0.490 e. The Bertz CT molecular complexity index is 335. The van der Waals surface area contributed by atoms with E-state index in [4.69, 9.17) is 27.9 Å². The zero-order valence-corrected chi connectivity index (χ0v) is 13.1. The van der Waals surface area contributed by atoms with Gasteiger partial charge in [0, 0.05) is 6.54 Å². The molecule has 0 saturated carbocycles. The Labute approximate surface area is 125 Å². The zero-order chi connectivity index (χ0) is 12.7. The van der Waals surface area contributed by atoms with Crippen LogP contribution in [-0.4, -0.2) is 13.2 Å². The second-order valence-electron chi connectivity index (χ2n) is 3.87. The Kier molecular flexibility index (Phi) is 9.66. The molecular weight excluding hydrogens is 293 g/mol. The minimum absolute atomic E-state index is 0. The summed E-state index contributed by atoms with van der Waals surface area (Å²) in [6, 6.07) is 3.80. The highest BCUT2D eigenvalue weighted by Gasteiger charge is 2.09. The van der Waals surface area contributed by atoms with Crippen molar-refractivity contribution in [1.82, 2.24) is 5.32 Å². The molecule has 0 bridgehead atoms. The summed E-state index contributed by atoms with van der Waals surface area (Å²) in [4.78, 5) is 0. The minimum atomic E-state index is 0. The molecule has 18 heavy (non-hydrogen) atoms. The Balaban J connectivity index is 0.00000289. The molecule has 0 aliphatic rings. The molecule has 1 rings (SSSR count). The summed E-state index contributed by atoms with van der Waals surface area (Å²) < 4.78 is 5.58. The van der Waals surface area contributed by atoms with E-state index in [1.165, 1.54) is 0 Å². The SMILES string of the molecule is CCCCOc1c(Cl)cc(CNCC)cc1Cl.Cl. The van der Waals surface area contributed by atoms with Crippen molar-refractivity contribution in [2.24, 2.45) is 0 Å². The lowest BCUT2D eigenvalue weighted by atomic mass is 10.2. The first-order valence-electron chi connectivity index (χ1n) is 6.00. The quantitative estimate of drug-likeness (QED) is 0.737. The predicted octanol–water partition coefficient (Wildman–Crippen LogP) is 4.70. The standard InChI is InChI=1S/C13H19Cl2NO.ClH/c1-3-5-6-17-13-11(14)7-10(8-12(13)15)9-16-4-2;/h7-8,16H,3-6,9H2,1-2H3;1H. The molecule has 0 amide bonds. The maximum atomic E-state index is 6.16. The van der Waals surface area contributed by atoms with E-state index in [2.05, 4.69) is 19.2 Å². The third kappa shape index (κ3) is 5.66. The molecule has 0 aliphatic carbocycles. The van der Waals surface area contributed by atoms with Crippen LogP contribution in [0.3, 0.4) is 0 Å². The number of nitrogens with one attached hydrogen (secondary N) is 1. The fraction of sp³-hybridized carbons (Fsp3) is 0.538. The topological polar surface area (TPSA) is 21.3 Å². The van der Waals surface area contributed by atoms with E-state index in [9.17, 15) is 0 Å². The Morgan fingerprint density at radius 1 is 1.17 bits per heavy atom. The number of benzene rings is 1. The van der Waals surface area contributed by atoms with Crippen LogP contribution in [0.15, 0.2) is 12.1 Å². The van der Waals surface area contributed by atoms with Crippen molar-refractivity contribution in [2.45, 2.75) is 33.2 Å². The summed E-state index contributed by atoms with van der Waals surface area (Å²) in [6.07, 6.45) is 2.10.